The number of carbonyl (C=O) groups is 1. The van der Waals surface area contributed by atoms with Gasteiger partial charge >= 0.3 is 0 Å². The molecular weight excluding hydrogens is 190 g/mol. The van der Waals surface area contributed by atoms with E-state index in [9.17, 15) is 4.79 Å². The van der Waals surface area contributed by atoms with E-state index < -0.39 is 0 Å². The number of hydrogen-bond acceptors (Lipinski definition) is 2. The quantitative estimate of drug-likeness (QED) is 0.803. The normalized spacial score (nSPS) is 9.73. The lowest BCUT2D eigenvalue weighted by Gasteiger charge is -2.06. The van der Waals surface area contributed by atoms with Gasteiger partial charge in [-0.3, -0.25) is 4.79 Å². The van der Waals surface area contributed by atoms with Crippen molar-refractivity contribution < 1.29 is 9.53 Å². The van der Waals surface area contributed by atoms with Crippen molar-refractivity contribution in [2.45, 2.75) is 26.8 Å². The highest BCUT2D eigenvalue weighted by molar-refractivity contribution is 5.75. The number of amides is 1. The minimum Gasteiger partial charge on any atom is -0.494 e. The van der Waals surface area contributed by atoms with Gasteiger partial charge in [-0.1, -0.05) is 19.1 Å². The highest BCUT2D eigenvalue weighted by Gasteiger charge is 1.99. The summed E-state index contributed by atoms with van der Waals surface area (Å²) in [5.74, 6) is 0.914. The second-order valence-corrected chi connectivity index (χ2v) is 3.21. The molecule has 15 heavy (non-hydrogen) atoms. The molecule has 0 saturated carbocycles. The SMILES string of the molecule is CCOc1cccc(CNC(=O)CC)c1. The number of carbonyl (C=O) groups excluding carboxylic acids is 1. The first kappa shape index (κ1) is 11.6. The van der Waals surface area contributed by atoms with Gasteiger partial charge in [-0.15, -0.1) is 0 Å². The maximum atomic E-state index is 11.1. The molecule has 1 amide bonds. The second-order valence-electron chi connectivity index (χ2n) is 3.21. The largest absolute Gasteiger partial charge is 0.494 e. The van der Waals surface area contributed by atoms with Gasteiger partial charge < -0.3 is 10.1 Å². The van der Waals surface area contributed by atoms with Crippen molar-refractivity contribution in [2.75, 3.05) is 6.61 Å². The predicted octanol–water partition coefficient (Wildman–Crippen LogP) is 2.11. The van der Waals surface area contributed by atoms with Crippen LogP contribution in [0.4, 0.5) is 0 Å². The fourth-order valence-electron chi connectivity index (χ4n) is 1.24. The minimum absolute atomic E-state index is 0.0665. The Labute approximate surface area is 90.4 Å². The van der Waals surface area contributed by atoms with Crippen molar-refractivity contribution in [1.29, 1.82) is 0 Å². The number of nitrogens with one attached hydrogen (secondary N) is 1. The zero-order valence-corrected chi connectivity index (χ0v) is 9.25. The molecule has 0 saturated heterocycles. The molecule has 0 spiro atoms. The third kappa shape index (κ3) is 4.02. The highest BCUT2D eigenvalue weighted by atomic mass is 16.5. The Balaban J connectivity index is 2.53. The van der Waals surface area contributed by atoms with Crippen LogP contribution in [0.5, 0.6) is 5.75 Å². The van der Waals surface area contributed by atoms with E-state index in [0.29, 0.717) is 19.6 Å². The molecule has 0 atom stereocenters. The molecule has 0 radical (unpaired) electrons. The fraction of sp³-hybridized carbons (Fsp3) is 0.417. The van der Waals surface area contributed by atoms with Crippen LogP contribution in [0.2, 0.25) is 0 Å². The average Bonchev–Trinajstić information content (AvgIpc) is 2.27. The van der Waals surface area contributed by atoms with Gasteiger partial charge in [0.1, 0.15) is 5.75 Å². The van der Waals surface area contributed by atoms with Crippen LogP contribution in [0.3, 0.4) is 0 Å². The molecular formula is C12H17NO2. The summed E-state index contributed by atoms with van der Waals surface area (Å²) < 4.78 is 5.37. The molecule has 0 aliphatic heterocycles. The van der Waals surface area contributed by atoms with Crippen molar-refractivity contribution in [3.8, 4) is 5.75 Å². The lowest BCUT2D eigenvalue weighted by molar-refractivity contribution is -0.120. The second kappa shape index (κ2) is 6.06. The summed E-state index contributed by atoms with van der Waals surface area (Å²) in [6.07, 6.45) is 0.519. The Morgan fingerprint density at radius 3 is 2.87 bits per heavy atom. The van der Waals surface area contributed by atoms with E-state index in [-0.39, 0.29) is 5.91 Å². The molecule has 0 aliphatic rings. The molecule has 0 unspecified atom stereocenters. The van der Waals surface area contributed by atoms with Gasteiger partial charge in [0.15, 0.2) is 0 Å². The summed E-state index contributed by atoms with van der Waals surface area (Å²) in [5, 5.41) is 2.82. The van der Waals surface area contributed by atoms with E-state index >= 15 is 0 Å². The van der Waals surface area contributed by atoms with Crippen molar-refractivity contribution in [3.05, 3.63) is 29.8 Å². The van der Waals surface area contributed by atoms with Gasteiger partial charge in [0.05, 0.1) is 6.61 Å². The van der Waals surface area contributed by atoms with Gasteiger partial charge in [-0.05, 0) is 24.6 Å². The summed E-state index contributed by atoms with van der Waals surface area (Å²) in [7, 11) is 0. The molecule has 3 heteroatoms. The zero-order valence-electron chi connectivity index (χ0n) is 9.25. The van der Waals surface area contributed by atoms with Crippen LogP contribution < -0.4 is 10.1 Å². The monoisotopic (exact) mass is 207 g/mol. The van der Waals surface area contributed by atoms with Gasteiger partial charge in [-0.2, -0.15) is 0 Å². The Kier molecular flexibility index (Phi) is 4.68. The molecule has 3 nitrogen and oxygen atoms in total. The summed E-state index contributed by atoms with van der Waals surface area (Å²) >= 11 is 0. The van der Waals surface area contributed by atoms with Crippen molar-refractivity contribution in [1.82, 2.24) is 5.32 Å². The van der Waals surface area contributed by atoms with E-state index in [1.807, 2.05) is 38.1 Å². The van der Waals surface area contributed by atoms with Gasteiger partial charge in [0, 0.05) is 13.0 Å². The summed E-state index contributed by atoms with van der Waals surface area (Å²) in [4.78, 5) is 11.1. The van der Waals surface area contributed by atoms with E-state index in [2.05, 4.69) is 5.32 Å². The molecule has 1 N–H and O–H groups in total. The lowest BCUT2D eigenvalue weighted by atomic mass is 10.2. The van der Waals surface area contributed by atoms with Crippen LogP contribution in [0.25, 0.3) is 0 Å². The fourth-order valence-corrected chi connectivity index (χ4v) is 1.24. The molecule has 1 aromatic carbocycles. The maximum absolute atomic E-state index is 11.1. The van der Waals surface area contributed by atoms with E-state index in [0.717, 1.165) is 11.3 Å². The Hall–Kier alpha value is -1.51. The first-order valence-electron chi connectivity index (χ1n) is 5.24. The van der Waals surface area contributed by atoms with E-state index in [4.69, 9.17) is 4.74 Å². The first-order chi connectivity index (χ1) is 7.26. The van der Waals surface area contributed by atoms with Crippen molar-refractivity contribution in [3.63, 3.8) is 0 Å². The summed E-state index contributed by atoms with van der Waals surface area (Å²) in [6, 6.07) is 7.75. The van der Waals surface area contributed by atoms with Crippen LogP contribution in [0.15, 0.2) is 24.3 Å². The molecule has 1 aromatic rings. The van der Waals surface area contributed by atoms with Crippen LogP contribution in [0.1, 0.15) is 25.8 Å². The smallest absolute Gasteiger partial charge is 0.219 e. The zero-order chi connectivity index (χ0) is 11.1. The number of benzene rings is 1. The van der Waals surface area contributed by atoms with Crippen LogP contribution in [-0.2, 0) is 11.3 Å². The molecule has 0 heterocycles. The van der Waals surface area contributed by atoms with Gasteiger partial charge in [-0.25, -0.2) is 0 Å². The summed E-state index contributed by atoms with van der Waals surface area (Å²) in [5.41, 5.74) is 1.06. The van der Waals surface area contributed by atoms with Crippen molar-refractivity contribution in [2.24, 2.45) is 0 Å². The number of ether oxygens (including phenoxy) is 1. The topological polar surface area (TPSA) is 38.3 Å². The molecule has 82 valence electrons. The van der Waals surface area contributed by atoms with E-state index in [1.54, 1.807) is 0 Å². The summed E-state index contributed by atoms with van der Waals surface area (Å²) in [6.45, 7) is 5.01. The molecule has 1 rings (SSSR count). The Morgan fingerprint density at radius 1 is 1.40 bits per heavy atom. The number of hydrogen-bond donors (Lipinski definition) is 1. The third-order valence-electron chi connectivity index (χ3n) is 2.02. The Morgan fingerprint density at radius 2 is 2.20 bits per heavy atom. The van der Waals surface area contributed by atoms with Gasteiger partial charge in [0.2, 0.25) is 5.91 Å². The standard InChI is InChI=1S/C12H17NO2/c1-3-12(14)13-9-10-6-5-7-11(8-10)15-4-2/h5-8H,3-4,9H2,1-2H3,(H,13,14). The highest BCUT2D eigenvalue weighted by Crippen LogP contribution is 2.12. The third-order valence-corrected chi connectivity index (χ3v) is 2.02. The van der Waals surface area contributed by atoms with Gasteiger partial charge in [0.25, 0.3) is 0 Å². The molecule has 0 aliphatic carbocycles. The van der Waals surface area contributed by atoms with Crippen molar-refractivity contribution >= 4 is 5.91 Å². The number of rotatable bonds is 5. The molecule has 0 aromatic heterocycles. The predicted molar refractivity (Wildman–Crippen MR) is 59.7 cm³/mol. The van der Waals surface area contributed by atoms with Crippen LogP contribution in [-0.4, -0.2) is 12.5 Å². The lowest BCUT2D eigenvalue weighted by Crippen LogP contribution is -2.21. The van der Waals surface area contributed by atoms with Crippen LogP contribution in [0, 0.1) is 0 Å². The minimum atomic E-state index is 0.0665. The van der Waals surface area contributed by atoms with Crippen LogP contribution >= 0.6 is 0 Å². The van der Waals surface area contributed by atoms with E-state index in [1.165, 1.54) is 0 Å². The maximum Gasteiger partial charge on any atom is 0.219 e. The first-order valence-corrected chi connectivity index (χ1v) is 5.24. The molecule has 0 fully saturated rings. The molecule has 0 bridgehead atoms. The average molecular weight is 207 g/mol. The Bertz CT molecular complexity index is 323.